The summed E-state index contributed by atoms with van der Waals surface area (Å²) in [5, 5.41) is 0. The topological polar surface area (TPSA) is 63.2 Å². The highest BCUT2D eigenvalue weighted by molar-refractivity contribution is 7.85. The molecule has 0 aliphatic carbocycles. The molecule has 1 heterocycles. The van der Waals surface area contributed by atoms with Gasteiger partial charge in [0.2, 0.25) is 0 Å². The Morgan fingerprint density at radius 1 is 0.468 bits per heavy atom. The summed E-state index contributed by atoms with van der Waals surface area (Å²) in [4.78, 5) is 0.653. The van der Waals surface area contributed by atoms with Gasteiger partial charge in [0.15, 0.2) is 5.44 Å². The van der Waals surface area contributed by atoms with E-state index in [1.807, 2.05) is 152 Å². The molecule has 1 unspecified atom stereocenters. The highest BCUT2D eigenvalue weighted by atomic mass is 32.2. The fourth-order valence-corrected chi connectivity index (χ4v) is 7.02. The van der Waals surface area contributed by atoms with Gasteiger partial charge in [0, 0.05) is 4.90 Å². The Kier molecular flexibility index (Phi) is 12.1. The summed E-state index contributed by atoms with van der Waals surface area (Å²) in [6.07, 6.45) is -2.51. The average Bonchev–Trinajstić information content (AvgIpc) is 3.14. The predicted octanol–water partition coefficient (Wildman–Crippen LogP) is 7.49. The third-order valence-electron chi connectivity index (χ3n) is 8.03. The summed E-state index contributed by atoms with van der Waals surface area (Å²) in [6.45, 7) is 1.58. The number of benzene rings is 5. The molecule has 0 bridgehead atoms. The Balaban J connectivity index is 1.34. The van der Waals surface area contributed by atoms with E-state index in [2.05, 4.69) is 0 Å². The molecule has 0 amide bonds. The van der Waals surface area contributed by atoms with Gasteiger partial charge in [0.05, 0.1) is 43.8 Å². The van der Waals surface area contributed by atoms with Crippen molar-refractivity contribution in [1.29, 1.82) is 0 Å². The molecule has 1 fully saturated rings. The lowest BCUT2D eigenvalue weighted by atomic mass is 9.98. The maximum absolute atomic E-state index is 14.3. The Morgan fingerprint density at radius 2 is 0.851 bits per heavy atom. The van der Waals surface area contributed by atoms with Gasteiger partial charge in [-0.2, -0.15) is 0 Å². The molecule has 1 saturated heterocycles. The van der Waals surface area contributed by atoms with Gasteiger partial charge < -0.3 is 23.7 Å². The Labute approximate surface area is 279 Å². The largest absolute Gasteiger partial charge is 0.374 e. The van der Waals surface area contributed by atoms with Crippen molar-refractivity contribution in [2.75, 3.05) is 6.61 Å². The van der Waals surface area contributed by atoms with Crippen molar-refractivity contribution in [2.24, 2.45) is 0 Å². The third-order valence-corrected chi connectivity index (χ3v) is 9.57. The van der Waals surface area contributed by atoms with Crippen molar-refractivity contribution in [1.82, 2.24) is 0 Å². The first-order valence-electron chi connectivity index (χ1n) is 15.9. The lowest BCUT2D eigenvalue weighted by Crippen LogP contribution is -2.62. The van der Waals surface area contributed by atoms with Crippen LogP contribution < -0.4 is 0 Å². The molecular weight excluding hydrogens is 609 g/mol. The van der Waals surface area contributed by atoms with Crippen LogP contribution >= 0.6 is 0 Å². The molecule has 0 saturated carbocycles. The van der Waals surface area contributed by atoms with Crippen molar-refractivity contribution in [2.45, 2.75) is 61.2 Å². The number of rotatable bonds is 15. The van der Waals surface area contributed by atoms with E-state index in [1.165, 1.54) is 0 Å². The smallest absolute Gasteiger partial charge is 0.166 e. The summed E-state index contributed by atoms with van der Waals surface area (Å²) >= 11 is 0. The van der Waals surface area contributed by atoms with Crippen LogP contribution in [0.25, 0.3) is 0 Å². The van der Waals surface area contributed by atoms with E-state index >= 15 is 0 Å². The predicted molar refractivity (Wildman–Crippen MR) is 183 cm³/mol. The summed E-state index contributed by atoms with van der Waals surface area (Å²) in [7, 11) is -1.58. The molecule has 6 nitrogen and oxygen atoms in total. The van der Waals surface area contributed by atoms with Gasteiger partial charge in [0.1, 0.15) is 24.4 Å². The monoisotopic (exact) mass is 648 g/mol. The summed E-state index contributed by atoms with van der Waals surface area (Å²) in [5.41, 5.74) is 3.24. The molecule has 6 rings (SSSR count). The van der Waals surface area contributed by atoms with Crippen LogP contribution in [-0.2, 0) is 60.9 Å². The lowest BCUT2D eigenvalue weighted by molar-refractivity contribution is -0.255. The van der Waals surface area contributed by atoms with Crippen LogP contribution in [0.4, 0.5) is 0 Å². The molecule has 1 aliphatic heterocycles. The van der Waals surface area contributed by atoms with Crippen LogP contribution in [0.1, 0.15) is 22.3 Å². The highest BCUT2D eigenvalue weighted by Gasteiger charge is 2.50. The highest BCUT2D eigenvalue weighted by Crippen LogP contribution is 2.34. The maximum atomic E-state index is 14.3. The summed E-state index contributed by atoms with van der Waals surface area (Å²) in [6, 6.07) is 49.4. The third kappa shape index (κ3) is 9.32. The van der Waals surface area contributed by atoms with E-state index in [0.717, 1.165) is 22.3 Å². The SMILES string of the molecule is O=S(c1ccccc1)[C@H]1O[C@H](COCc2ccccc2)[C@@H](OCc2ccccc2)[C@H](OCc2ccccc2)[C@@H]1OCc1ccccc1. The Morgan fingerprint density at radius 3 is 1.32 bits per heavy atom. The van der Waals surface area contributed by atoms with Gasteiger partial charge in [-0.1, -0.05) is 140 Å². The summed E-state index contributed by atoms with van der Waals surface area (Å²) in [5.74, 6) is 0. The molecule has 1 aliphatic rings. The molecule has 7 heteroatoms. The van der Waals surface area contributed by atoms with Crippen molar-refractivity contribution >= 4 is 10.8 Å². The molecule has 0 N–H and O–H groups in total. The second-order valence-electron chi connectivity index (χ2n) is 11.4. The van der Waals surface area contributed by atoms with Crippen LogP contribution in [-0.4, -0.2) is 40.7 Å². The van der Waals surface area contributed by atoms with Gasteiger partial charge in [-0.25, -0.2) is 0 Å². The van der Waals surface area contributed by atoms with Crippen molar-refractivity contribution < 1.29 is 27.9 Å². The first-order valence-corrected chi connectivity index (χ1v) is 17.2. The van der Waals surface area contributed by atoms with Crippen LogP contribution in [0, 0.1) is 0 Å². The van der Waals surface area contributed by atoms with E-state index in [4.69, 9.17) is 23.7 Å². The van der Waals surface area contributed by atoms with Crippen LogP contribution in [0.2, 0.25) is 0 Å². The Hall–Kier alpha value is -3.95. The average molecular weight is 649 g/mol. The molecule has 0 spiro atoms. The second kappa shape index (κ2) is 17.3. The zero-order valence-corrected chi connectivity index (χ0v) is 27.0. The molecule has 47 heavy (non-hydrogen) atoms. The van der Waals surface area contributed by atoms with Crippen molar-refractivity contribution in [3.63, 3.8) is 0 Å². The van der Waals surface area contributed by atoms with Crippen molar-refractivity contribution in [3.05, 3.63) is 174 Å². The molecule has 0 aromatic heterocycles. The van der Waals surface area contributed by atoms with Gasteiger partial charge >= 0.3 is 0 Å². The zero-order valence-electron chi connectivity index (χ0n) is 26.2. The summed E-state index contributed by atoms with van der Waals surface area (Å²) < 4.78 is 47.5. The molecule has 0 radical (unpaired) electrons. The fourth-order valence-electron chi connectivity index (χ4n) is 5.61. The first kappa shape index (κ1) is 33.0. The fraction of sp³-hybridized carbons (Fsp3) is 0.250. The normalized spacial score (nSPS) is 21.7. The quantitative estimate of drug-likeness (QED) is 0.117. The molecule has 5 aromatic rings. The van der Waals surface area contributed by atoms with E-state index < -0.39 is 40.7 Å². The number of hydrogen-bond donors (Lipinski definition) is 0. The zero-order chi connectivity index (χ0) is 32.1. The van der Waals surface area contributed by atoms with Gasteiger partial charge in [-0.15, -0.1) is 0 Å². The van der Waals surface area contributed by atoms with E-state index in [9.17, 15) is 4.21 Å². The minimum atomic E-state index is -1.58. The van der Waals surface area contributed by atoms with Gasteiger partial charge in [-0.05, 0) is 34.4 Å². The second-order valence-corrected chi connectivity index (χ2v) is 13.0. The molecule has 242 valence electrons. The molecule has 5 aromatic carbocycles. The number of ether oxygens (including phenoxy) is 5. The van der Waals surface area contributed by atoms with Crippen LogP contribution in [0.15, 0.2) is 157 Å². The lowest BCUT2D eigenvalue weighted by Gasteiger charge is -2.45. The van der Waals surface area contributed by atoms with Gasteiger partial charge in [-0.3, -0.25) is 4.21 Å². The maximum Gasteiger partial charge on any atom is 0.166 e. The standard InChI is InChI=1S/C40H40O6S/c41-47(35-24-14-5-15-25-35)40-39(45-29-34-22-12-4-13-23-34)38(44-28-33-20-10-3-11-21-33)37(43-27-32-18-8-2-9-19-32)36(46-40)30-42-26-31-16-6-1-7-17-31/h1-25,36-40H,26-30H2/t36-,37-,38+,39+,40-,47?/m1/s1. The minimum Gasteiger partial charge on any atom is -0.374 e. The van der Waals surface area contributed by atoms with Crippen LogP contribution in [0.3, 0.4) is 0 Å². The van der Waals surface area contributed by atoms with E-state index in [-0.39, 0.29) is 6.61 Å². The minimum absolute atomic E-state index is 0.216. The first-order chi connectivity index (χ1) is 23.2. The van der Waals surface area contributed by atoms with Crippen molar-refractivity contribution in [3.8, 4) is 0 Å². The van der Waals surface area contributed by atoms with Crippen LogP contribution in [0.5, 0.6) is 0 Å². The number of hydrogen-bond acceptors (Lipinski definition) is 6. The molecule has 6 atom stereocenters. The molecular formula is C40H40O6S. The van der Waals surface area contributed by atoms with Gasteiger partial charge in [0.25, 0.3) is 0 Å². The van der Waals surface area contributed by atoms with E-state index in [1.54, 1.807) is 0 Å². The Bertz CT molecular complexity index is 1620. The van der Waals surface area contributed by atoms with E-state index in [0.29, 0.717) is 31.3 Å².